The fourth-order valence-corrected chi connectivity index (χ4v) is 2.96. The van der Waals surface area contributed by atoms with Gasteiger partial charge in [0, 0.05) is 29.7 Å². The molecule has 0 fully saturated rings. The van der Waals surface area contributed by atoms with Gasteiger partial charge in [-0.25, -0.2) is 0 Å². The summed E-state index contributed by atoms with van der Waals surface area (Å²) >= 11 is 7.41. The van der Waals surface area contributed by atoms with Crippen LogP contribution >= 0.6 is 22.9 Å². The lowest BCUT2D eigenvalue weighted by atomic mass is 10.2. The first-order valence-electron chi connectivity index (χ1n) is 6.32. The van der Waals surface area contributed by atoms with Crippen molar-refractivity contribution in [3.8, 4) is 0 Å². The molecule has 0 unspecified atom stereocenters. The lowest BCUT2D eigenvalue weighted by molar-refractivity contribution is 0.0754. The van der Waals surface area contributed by atoms with Crippen molar-refractivity contribution in [1.29, 1.82) is 0 Å². The third-order valence-electron chi connectivity index (χ3n) is 2.92. The van der Waals surface area contributed by atoms with Gasteiger partial charge in [0.05, 0.1) is 16.6 Å². The molecule has 0 saturated carbocycles. The van der Waals surface area contributed by atoms with Crippen molar-refractivity contribution in [2.24, 2.45) is 5.73 Å². The fraction of sp³-hybridized carbons (Fsp3) is 0.286. The average Bonchev–Trinajstić information content (AvgIpc) is 2.89. The third-order valence-corrected chi connectivity index (χ3v) is 4.13. The van der Waals surface area contributed by atoms with E-state index in [9.17, 15) is 4.79 Å². The summed E-state index contributed by atoms with van der Waals surface area (Å²) in [5, 5.41) is 0. The maximum absolute atomic E-state index is 12.5. The number of aromatic nitrogens is 1. The monoisotopic (exact) mass is 309 g/mol. The largest absolute Gasteiger partial charge is 0.334 e. The topological polar surface area (TPSA) is 59.2 Å². The van der Waals surface area contributed by atoms with E-state index in [1.807, 2.05) is 19.1 Å². The van der Waals surface area contributed by atoms with Gasteiger partial charge in [0.15, 0.2) is 0 Å². The molecule has 0 saturated heterocycles. The van der Waals surface area contributed by atoms with Crippen molar-refractivity contribution in [3.63, 3.8) is 0 Å². The van der Waals surface area contributed by atoms with E-state index in [4.69, 9.17) is 17.3 Å². The lowest BCUT2D eigenvalue weighted by Gasteiger charge is -2.20. The van der Waals surface area contributed by atoms with E-state index in [-0.39, 0.29) is 5.91 Å². The van der Waals surface area contributed by atoms with Gasteiger partial charge in [0.2, 0.25) is 0 Å². The van der Waals surface area contributed by atoms with Crippen LogP contribution in [0.5, 0.6) is 0 Å². The predicted octanol–water partition coefficient (Wildman–Crippen LogP) is 2.92. The number of carbonyl (C=O) groups is 1. The molecule has 20 heavy (non-hydrogen) atoms. The standard InChI is InChI=1S/C14H16ClN3OS/c1-2-18(9-12-3-4-13(15)20-12)14(19)10-5-6-17-11(7-10)8-16/h3-7H,2,8-9,16H2,1H3. The zero-order chi connectivity index (χ0) is 14.5. The second-order valence-corrected chi connectivity index (χ2v) is 6.06. The Hall–Kier alpha value is -1.43. The van der Waals surface area contributed by atoms with Gasteiger partial charge in [0.25, 0.3) is 5.91 Å². The van der Waals surface area contributed by atoms with Crippen LogP contribution < -0.4 is 5.73 Å². The molecule has 106 valence electrons. The molecule has 6 heteroatoms. The molecule has 4 nitrogen and oxygen atoms in total. The zero-order valence-electron chi connectivity index (χ0n) is 11.2. The van der Waals surface area contributed by atoms with Crippen LogP contribution in [0.1, 0.15) is 27.9 Å². The molecule has 0 aliphatic heterocycles. The molecule has 0 bridgehead atoms. The van der Waals surface area contributed by atoms with Gasteiger partial charge in [-0.1, -0.05) is 11.6 Å². The number of halogens is 1. The lowest BCUT2D eigenvalue weighted by Crippen LogP contribution is -2.30. The van der Waals surface area contributed by atoms with Crippen LogP contribution in [0.15, 0.2) is 30.5 Å². The number of hydrogen-bond donors (Lipinski definition) is 1. The average molecular weight is 310 g/mol. The number of nitrogens with zero attached hydrogens (tertiary/aromatic N) is 2. The zero-order valence-corrected chi connectivity index (χ0v) is 12.7. The van der Waals surface area contributed by atoms with E-state index in [0.717, 1.165) is 9.21 Å². The van der Waals surface area contributed by atoms with Gasteiger partial charge in [-0.2, -0.15) is 0 Å². The Labute approximate surface area is 127 Å². The number of amides is 1. The Bertz CT molecular complexity index is 600. The molecule has 0 atom stereocenters. The van der Waals surface area contributed by atoms with Crippen molar-refractivity contribution in [2.45, 2.75) is 20.0 Å². The molecular formula is C14H16ClN3OS. The summed E-state index contributed by atoms with van der Waals surface area (Å²) in [6.45, 7) is 3.48. The molecule has 2 N–H and O–H groups in total. The molecule has 0 aromatic carbocycles. The Morgan fingerprint density at radius 3 is 2.85 bits per heavy atom. The molecule has 0 aliphatic rings. The molecule has 2 heterocycles. The summed E-state index contributed by atoms with van der Waals surface area (Å²) in [7, 11) is 0. The number of rotatable bonds is 5. The van der Waals surface area contributed by atoms with Gasteiger partial charge in [-0.15, -0.1) is 11.3 Å². The normalized spacial score (nSPS) is 10.6. The van der Waals surface area contributed by atoms with Crippen LogP contribution in [0, 0.1) is 0 Å². The minimum atomic E-state index is -0.0193. The predicted molar refractivity (Wildman–Crippen MR) is 81.9 cm³/mol. The maximum Gasteiger partial charge on any atom is 0.254 e. The molecule has 2 aromatic rings. The van der Waals surface area contributed by atoms with Crippen LogP contribution in [0.3, 0.4) is 0 Å². The van der Waals surface area contributed by atoms with E-state index in [1.54, 1.807) is 23.2 Å². The van der Waals surface area contributed by atoms with Gasteiger partial charge in [-0.3, -0.25) is 9.78 Å². The van der Waals surface area contributed by atoms with Gasteiger partial charge in [-0.05, 0) is 31.2 Å². The summed E-state index contributed by atoms with van der Waals surface area (Å²) in [6, 6.07) is 7.25. The van der Waals surface area contributed by atoms with Crippen molar-refractivity contribution < 1.29 is 4.79 Å². The molecule has 1 amide bonds. The van der Waals surface area contributed by atoms with Crippen LogP contribution in [0.25, 0.3) is 0 Å². The summed E-state index contributed by atoms with van der Waals surface area (Å²) in [5.74, 6) is -0.0193. The van der Waals surface area contributed by atoms with Crippen molar-refractivity contribution in [1.82, 2.24) is 9.88 Å². The summed E-state index contributed by atoms with van der Waals surface area (Å²) in [4.78, 5) is 19.4. The molecule has 2 aromatic heterocycles. The third kappa shape index (κ3) is 3.56. The molecule has 0 aliphatic carbocycles. The van der Waals surface area contributed by atoms with E-state index in [1.165, 1.54) is 11.3 Å². The second kappa shape index (κ2) is 6.83. The highest BCUT2D eigenvalue weighted by atomic mass is 35.5. The summed E-state index contributed by atoms with van der Waals surface area (Å²) < 4.78 is 0.734. The number of thiophene rings is 1. The number of nitrogens with two attached hydrogens (primary N) is 1. The van der Waals surface area contributed by atoms with Crippen molar-refractivity contribution >= 4 is 28.8 Å². The van der Waals surface area contributed by atoms with E-state index in [2.05, 4.69) is 4.98 Å². The van der Waals surface area contributed by atoms with Gasteiger partial charge < -0.3 is 10.6 Å². The minimum Gasteiger partial charge on any atom is -0.334 e. The highest BCUT2D eigenvalue weighted by Gasteiger charge is 2.15. The van der Waals surface area contributed by atoms with Crippen LogP contribution in [0.2, 0.25) is 4.34 Å². The molecule has 2 rings (SSSR count). The van der Waals surface area contributed by atoms with E-state index < -0.39 is 0 Å². The molecular weight excluding hydrogens is 294 g/mol. The second-order valence-electron chi connectivity index (χ2n) is 4.27. The Balaban J connectivity index is 2.15. The smallest absolute Gasteiger partial charge is 0.254 e. The van der Waals surface area contributed by atoms with Crippen LogP contribution in [-0.2, 0) is 13.1 Å². The number of pyridine rings is 1. The SMILES string of the molecule is CCN(Cc1ccc(Cl)s1)C(=O)c1ccnc(CN)c1. The van der Waals surface area contributed by atoms with Gasteiger partial charge in [0.1, 0.15) is 0 Å². The summed E-state index contributed by atoms with van der Waals surface area (Å²) in [5.41, 5.74) is 6.88. The first-order chi connectivity index (χ1) is 9.63. The Kier molecular flexibility index (Phi) is 5.11. The van der Waals surface area contributed by atoms with E-state index in [0.29, 0.717) is 30.9 Å². The van der Waals surface area contributed by atoms with Crippen LogP contribution in [-0.4, -0.2) is 22.3 Å². The molecule has 0 spiro atoms. The highest BCUT2D eigenvalue weighted by Crippen LogP contribution is 2.23. The molecule has 0 radical (unpaired) electrons. The number of carbonyl (C=O) groups excluding carboxylic acids is 1. The Morgan fingerprint density at radius 2 is 2.25 bits per heavy atom. The van der Waals surface area contributed by atoms with Gasteiger partial charge >= 0.3 is 0 Å². The first-order valence-corrected chi connectivity index (χ1v) is 7.52. The van der Waals surface area contributed by atoms with Crippen molar-refractivity contribution in [3.05, 3.63) is 50.9 Å². The number of hydrogen-bond acceptors (Lipinski definition) is 4. The Morgan fingerprint density at radius 1 is 1.45 bits per heavy atom. The highest BCUT2D eigenvalue weighted by molar-refractivity contribution is 7.16. The first kappa shape index (κ1) is 15.0. The summed E-state index contributed by atoms with van der Waals surface area (Å²) in [6.07, 6.45) is 1.62. The van der Waals surface area contributed by atoms with E-state index >= 15 is 0 Å². The maximum atomic E-state index is 12.5. The van der Waals surface area contributed by atoms with Crippen molar-refractivity contribution in [2.75, 3.05) is 6.54 Å². The van der Waals surface area contributed by atoms with Crippen LogP contribution in [0.4, 0.5) is 0 Å². The minimum absolute atomic E-state index is 0.0193. The fourth-order valence-electron chi connectivity index (χ4n) is 1.86. The quantitative estimate of drug-likeness (QED) is 0.924.